The molecule has 1 atom stereocenters. The quantitative estimate of drug-likeness (QED) is 0.426. The minimum Gasteiger partial charge on any atom is -0.318 e. The fourth-order valence-electron chi connectivity index (χ4n) is 0.715. The third-order valence-corrected chi connectivity index (χ3v) is 2.53. The average Bonchev–Trinajstić information content (AvgIpc) is 2.02. The monoisotopic (exact) mass is 239 g/mol. The highest BCUT2D eigenvalue weighted by atomic mass is 32.2. The van der Waals surface area contributed by atoms with Crippen LogP contribution in [0.1, 0.15) is 13.8 Å². The van der Waals surface area contributed by atoms with Crippen molar-refractivity contribution in [3.05, 3.63) is 0 Å². The van der Waals surface area contributed by atoms with Crippen LogP contribution >= 0.6 is 0 Å². The zero-order chi connectivity index (χ0) is 12.2. The molecule has 3 N–H and O–H groups in total. The standard InChI is InChI=1S/C6H13N3O5S/c1-4(15(12,13)14)8-6(11)9(7-3)5(2)10/h4,7H,1-3H3,(H,8,11)(H,12,13,14). The molecule has 0 fully saturated rings. The maximum absolute atomic E-state index is 11.2. The Morgan fingerprint density at radius 3 is 2.13 bits per heavy atom. The number of imide groups is 1. The average molecular weight is 239 g/mol. The SMILES string of the molecule is CNN(C(C)=O)C(=O)NC(C)S(=O)(=O)O. The number of rotatable bonds is 3. The summed E-state index contributed by atoms with van der Waals surface area (Å²) in [6.45, 7) is 2.19. The van der Waals surface area contributed by atoms with E-state index in [1.807, 2.05) is 5.32 Å². The first kappa shape index (κ1) is 13.8. The third-order valence-electron chi connectivity index (χ3n) is 1.52. The maximum atomic E-state index is 11.2. The molecule has 0 heterocycles. The molecule has 9 heteroatoms. The van der Waals surface area contributed by atoms with Gasteiger partial charge in [0.2, 0.25) is 5.91 Å². The fourth-order valence-corrected chi connectivity index (χ4v) is 0.965. The van der Waals surface area contributed by atoms with Crippen molar-refractivity contribution in [2.45, 2.75) is 19.2 Å². The molecule has 0 aliphatic heterocycles. The van der Waals surface area contributed by atoms with E-state index < -0.39 is 27.4 Å². The summed E-state index contributed by atoms with van der Waals surface area (Å²) >= 11 is 0. The van der Waals surface area contributed by atoms with Crippen molar-refractivity contribution in [1.82, 2.24) is 15.8 Å². The Bertz CT molecular complexity index is 352. The van der Waals surface area contributed by atoms with E-state index in [0.29, 0.717) is 5.01 Å². The van der Waals surface area contributed by atoms with E-state index in [9.17, 15) is 18.0 Å². The Morgan fingerprint density at radius 1 is 1.40 bits per heavy atom. The van der Waals surface area contributed by atoms with Crippen molar-refractivity contribution < 1.29 is 22.6 Å². The number of amides is 3. The molecule has 0 saturated heterocycles. The van der Waals surface area contributed by atoms with Gasteiger partial charge in [0.1, 0.15) is 0 Å². The summed E-state index contributed by atoms with van der Waals surface area (Å²) in [5, 5.41) is 1.00. The van der Waals surface area contributed by atoms with Crippen LogP contribution in [-0.2, 0) is 14.9 Å². The Kier molecular flexibility index (Phi) is 4.65. The summed E-state index contributed by atoms with van der Waals surface area (Å²) < 4.78 is 29.7. The van der Waals surface area contributed by atoms with Crippen molar-refractivity contribution in [2.24, 2.45) is 0 Å². The lowest BCUT2D eigenvalue weighted by Crippen LogP contribution is -2.52. The highest BCUT2D eigenvalue weighted by Gasteiger charge is 2.24. The Balaban J connectivity index is 4.56. The van der Waals surface area contributed by atoms with Crippen LogP contribution in [0.3, 0.4) is 0 Å². The molecule has 0 aromatic heterocycles. The summed E-state index contributed by atoms with van der Waals surface area (Å²) in [5.74, 6) is -0.613. The van der Waals surface area contributed by atoms with Crippen LogP contribution in [0.15, 0.2) is 0 Å². The minimum absolute atomic E-state index is 0.571. The van der Waals surface area contributed by atoms with Gasteiger partial charge in [0.25, 0.3) is 10.1 Å². The molecule has 0 aliphatic carbocycles. The molecule has 0 radical (unpaired) electrons. The molecule has 0 aliphatic rings. The summed E-state index contributed by atoms with van der Waals surface area (Å²) in [6, 6.07) is -0.963. The first-order valence-corrected chi connectivity index (χ1v) is 5.45. The molecule has 0 saturated carbocycles. The molecule has 0 bridgehead atoms. The lowest BCUT2D eigenvalue weighted by molar-refractivity contribution is -0.128. The first-order valence-electron chi connectivity index (χ1n) is 3.95. The minimum atomic E-state index is -4.36. The van der Waals surface area contributed by atoms with Gasteiger partial charge in [0.15, 0.2) is 5.37 Å². The Hall–Kier alpha value is -1.19. The van der Waals surface area contributed by atoms with E-state index >= 15 is 0 Å². The molecule has 1 unspecified atom stereocenters. The van der Waals surface area contributed by atoms with E-state index in [-0.39, 0.29) is 0 Å². The number of urea groups is 1. The highest BCUT2D eigenvalue weighted by Crippen LogP contribution is 1.94. The number of hydrazine groups is 1. The molecule has 3 amide bonds. The van der Waals surface area contributed by atoms with Crippen LogP contribution in [0.5, 0.6) is 0 Å². The number of nitrogens with one attached hydrogen (secondary N) is 2. The number of carbonyl (C=O) groups is 2. The summed E-state index contributed by atoms with van der Waals surface area (Å²) in [6.07, 6.45) is 0. The predicted octanol–water partition coefficient (Wildman–Crippen LogP) is -1.09. The smallest absolute Gasteiger partial charge is 0.318 e. The number of nitrogens with zero attached hydrogens (tertiary/aromatic N) is 1. The van der Waals surface area contributed by atoms with E-state index in [0.717, 1.165) is 13.8 Å². The second-order valence-corrected chi connectivity index (χ2v) is 4.42. The zero-order valence-electron chi connectivity index (χ0n) is 8.51. The van der Waals surface area contributed by atoms with Crippen molar-refractivity contribution in [1.29, 1.82) is 0 Å². The Morgan fingerprint density at radius 2 is 1.87 bits per heavy atom. The fraction of sp³-hybridized carbons (Fsp3) is 0.667. The number of hydrogen-bond acceptors (Lipinski definition) is 5. The van der Waals surface area contributed by atoms with E-state index in [4.69, 9.17) is 4.55 Å². The highest BCUT2D eigenvalue weighted by molar-refractivity contribution is 7.86. The van der Waals surface area contributed by atoms with E-state index in [2.05, 4.69) is 5.43 Å². The predicted molar refractivity (Wildman–Crippen MR) is 51.1 cm³/mol. The lowest BCUT2D eigenvalue weighted by atomic mass is 10.6. The molecule has 0 spiro atoms. The molecule has 0 rings (SSSR count). The summed E-state index contributed by atoms with van der Waals surface area (Å²) in [7, 11) is -3.04. The summed E-state index contributed by atoms with van der Waals surface area (Å²) in [5.41, 5.74) is 2.25. The normalized spacial score (nSPS) is 13.1. The van der Waals surface area contributed by atoms with Gasteiger partial charge in [-0.1, -0.05) is 0 Å². The molecule has 88 valence electrons. The van der Waals surface area contributed by atoms with Gasteiger partial charge in [-0.15, -0.1) is 0 Å². The molecule has 0 aromatic rings. The lowest BCUT2D eigenvalue weighted by Gasteiger charge is -2.19. The zero-order valence-corrected chi connectivity index (χ0v) is 9.33. The third kappa shape index (κ3) is 4.23. The van der Waals surface area contributed by atoms with Gasteiger partial charge in [-0.05, 0) is 6.92 Å². The van der Waals surface area contributed by atoms with Crippen LogP contribution in [-0.4, -0.2) is 42.3 Å². The number of carbonyl (C=O) groups excluding carboxylic acids is 2. The van der Waals surface area contributed by atoms with Gasteiger partial charge in [-0.3, -0.25) is 9.35 Å². The van der Waals surface area contributed by atoms with Gasteiger partial charge in [0, 0.05) is 14.0 Å². The second-order valence-electron chi connectivity index (χ2n) is 2.68. The molecular formula is C6H13N3O5S. The van der Waals surface area contributed by atoms with Gasteiger partial charge in [0.05, 0.1) is 0 Å². The van der Waals surface area contributed by atoms with Crippen LogP contribution in [0.2, 0.25) is 0 Å². The van der Waals surface area contributed by atoms with E-state index in [1.54, 1.807) is 0 Å². The second kappa shape index (κ2) is 5.05. The molecular weight excluding hydrogens is 226 g/mol. The largest absolute Gasteiger partial charge is 0.340 e. The Labute approximate surface area is 87.3 Å². The number of hydrogen-bond donors (Lipinski definition) is 3. The molecule has 15 heavy (non-hydrogen) atoms. The van der Waals surface area contributed by atoms with Crippen molar-refractivity contribution in [2.75, 3.05) is 7.05 Å². The van der Waals surface area contributed by atoms with Gasteiger partial charge >= 0.3 is 6.03 Å². The van der Waals surface area contributed by atoms with Crippen LogP contribution in [0.25, 0.3) is 0 Å². The molecule has 0 aromatic carbocycles. The van der Waals surface area contributed by atoms with Crippen LogP contribution in [0.4, 0.5) is 4.79 Å². The van der Waals surface area contributed by atoms with Crippen molar-refractivity contribution in [3.63, 3.8) is 0 Å². The maximum Gasteiger partial charge on any atom is 0.340 e. The van der Waals surface area contributed by atoms with Crippen molar-refractivity contribution in [3.8, 4) is 0 Å². The van der Waals surface area contributed by atoms with E-state index in [1.165, 1.54) is 7.05 Å². The molecule has 8 nitrogen and oxygen atoms in total. The first-order chi connectivity index (χ1) is 6.70. The van der Waals surface area contributed by atoms with Gasteiger partial charge < -0.3 is 5.32 Å². The van der Waals surface area contributed by atoms with Crippen LogP contribution < -0.4 is 10.7 Å². The van der Waals surface area contributed by atoms with Crippen LogP contribution in [0, 0.1) is 0 Å². The van der Waals surface area contributed by atoms with Gasteiger partial charge in [-0.2, -0.15) is 13.4 Å². The summed E-state index contributed by atoms with van der Waals surface area (Å²) in [4.78, 5) is 22.1. The van der Waals surface area contributed by atoms with Crippen molar-refractivity contribution >= 4 is 22.1 Å². The van der Waals surface area contributed by atoms with Gasteiger partial charge in [-0.25, -0.2) is 10.2 Å². The topological polar surface area (TPSA) is 116 Å².